The Hall–Kier alpha value is -2.74. The molecule has 154 valence electrons. The predicted molar refractivity (Wildman–Crippen MR) is 112 cm³/mol. The summed E-state index contributed by atoms with van der Waals surface area (Å²) in [6, 6.07) is 17.2. The molecule has 3 aromatic rings. The van der Waals surface area contributed by atoms with Gasteiger partial charge >= 0.3 is 0 Å². The van der Waals surface area contributed by atoms with Crippen LogP contribution in [0.4, 0.5) is 8.78 Å². The third-order valence-electron chi connectivity index (χ3n) is 5.14. The number of hydroxylamine groups is 1. The monoisotopic (exact) mass is 426 g/mol. The number of carbonyl (C=O) groups excluding carboxylic acids is 1. The van der Waals surface area contributed by atoms with Gasteiger partial charge in [0, 0.05) is 23.5 Å². The number of nitrogens with one attached hydrogen (secondary N) is 1. The Bertz CT molecular complexity index is 1070. The van der Waals surface area contributed by atoms with E-state index < -0.39 is 11.7 Å². The third-order valence-corrected chi connectivity index (χ3v) is 6.23. The van der Waals surface area contributed by atoms with Crippen LogP contribution in [0.15, 0.2) is 65.6 Å². The van der Waals surface area contributed by atoms with Crippen molar-refractivity contribution in [3.8, 4) is 11.1 Å². The SMILES string of the molecule is O=C(NO)c1cc(F)c2c(c1)CCN(Sc1cccc(-c3ccc(F)cc3)c1)CC2. The number of benzene rings is 3. The molecule has 7 heteroatoms. The molecule has 0 spiro atoms. The van der Waals surface area contributed by atoms with Crippen molar-refractivity contribution >= 4 is 17.9 Å². The number of halogens is 2. The van der Waals surface area contributed by atoms with E-state index in [2.05, 4.69) is 10.4 Å². The fourth-order valence-corrected chi connectivity index (χ4v) is 4.58. The lowest BCUT2D eigenvalue weighted by Gasteiger charge is -2.18. The summed E-state index contributed by atoms with van der Waals surface area (Å²) in [5.74, 6) is -1.40. The average Bonchev–Trinajstić information content (AvgIpc) is 2.96. The number of hydrogen-bond donors (Lipinski definition) is 2. The zero-order valence-electron chi connectivity index (χ0n) is 16.1. The van der Waals surface area contributed by atoms with Gasteiger partial charge in [-0.2, -0.15) is 0 Å². The first-order valence-corrected chi connectivity index (χ1v) is 10.4. The molecule has 3 aromatic carbocycles. The van der Waals surface area contributed by atoms with Gasteiger partial charge in [-0.1, -0.05) is 24.3 Å². The first-order valence-electron chi connectivity index (χ1n) is 9.58. The van der Waals surface area contributed by atoms with Crippen LogP contribution >= 0.6 is 11.9 Å². The zero-order chi connectivity index (χ0) is 21.1. The average molecular weight is 426 g/mol. The molecule has 4 rings (SSSR count). The normalized spacial score (nSPS) is 14.1. The lowest BCUT2D eigenvalue weighted by Crippen LogP contribution is -2.19. The molecule has 0 aliphatic carbocycles. The van der Waals surface area contributed by atoms with Gasteiger partial charge in [0.25, 0.3) is 5.91 Å². The second-order valence-corrected chi connectivity index (χ2v) is 8.26. The van der Waals surface area contributed by atoms with Gasteiger partial charge in [0.1, 0.15) is 11.6 Å². The highest BCUT2D eigenvalue weighted by Gasteiger charge is 2.20. The molecular weight excluding hydrogens is 406 g/mol. The van der Waals surface area contributed by atoms with Crippen LogP contribution in [0.2, 0.25) is 0 Å². The quantitative estimate of drug-likeness (QED) is 0.355. The van der Waals surface area contributed by atoms with Crippen molar-refractivity contribution in [1.82, 2.24) is 9.79 Å². The maximum absolute atomic E-state index is 14.5. The zero-order valence-corrected chi connectivity index (χ0v) is 16.9. The van der Waals surface area contributed by atoms with Crippen molar-refractivity contribution in [2.24, 2.45) is 0 Å². The van der Waals surface area contributed by atoms with Gasteiger partial charge < -0.3 is 0 Å². The Labute approximate surface area is 177 Å². The summed E-state index contributed by atoms with van der Waals surface area (Å²) in [6.45, 7) is 1.36. The first kappa shape index (κ1) is 20.5. The Kier molecular flexibility index (Phi) is 6.13. The molecule has 2 N–H and O–H groups in total. The summed E-state index contributed by atoms with van der Waals surface area (Å²) in [6.07, 6.45) is 1.14. The smallest absolute Gasteiger partial charge is 0.274 e. The predicted octanol–water partition coefficient (Wildman–Crippen LogP) is 4.86. The lowest BCUT2D eigenvalue weighted by atomic mass is 9.99. The Morgan fingerprint density at radius 2 is 1.73 bits per heavy atom. The lowest BCUT2D eigenvalue weighted by molar-refractivity contribution is 0.0705. The largest absolute Gasteiger partial charge is 0.288 e. The molecular formula is C23H20F2N2O2S. The fourth-order valence-electron chi connectivity index (χ4n) is 3.60. The number of hydrogen-bond acceptors (Lipinski definition) is 4. The number of nitrogens with zero attached hydrogens (tertiary/aromatic N) is 1. The van der Waals surface area contributed by atoms with Crippen LogP contribution in [-0.2, 0) is 12.8 Å². The van der Waals surface area contributed by atoms with Gasteiger partial charge in [-0.05, 0) is 83.4 Å². The summed E-state index contributed by atoms with van der Waals surface area (Å²) in [5, 5.41) is 8.81. The summed E-state index contributed by atoms with van der Waals surface area (Å²) in [7, 11) is 0. The van der Waals surface area contributed by atoms with Crippen molar-refractivity contribution in [2.75, 3.05) is 13.1 Å². The Morgan fingerprint density at radius 1 is 0.967 bits per heavy atom. The number of carbonyl (C=O) groups is 1. The van der Waals surface area contributed by atoms with E-state index in [-0.39, 0.29) is 11.4 Å². The first-order chi connectivity index (χ1) is 14.5. The van der Waals surface area contributed by atoms with E-state index in [4.69, 9.17) is 5.21 Å². The van der Waals surface area contributed by atoms with Gasteiger partial charge in [0.05, 0.1) is 0 Å². The molecule has 4 nitrogen and oxygen atoms in total. The van der Waals surface area contributed by atoms with Gasteiger partial charge in [-0.15, -0.1) is 0 Å². The van der Waals surface area contributed by atoms with E-state index in [1.807, 2.05) is 18.2 Å². The van der Waals surface area contributed by atoms with Crippen LogP contribution in [-0.4, -0.2) is 28.5 Å². The van der Waals surface area contributed by atoms with Gasteiger partial charge in [0.2, 0.25) is 0 Å². The molecule has 0 saturated carbocycles. The Balaban J connectivity index is 1.49. The number of fused-ring (bicyclic) bond motifs is 1. The summed E-state index contributed by atoms with van der Waals surface area (Å²) >= 11 is 1.60. The molecule has 1 aliphatic heterocycles. The van der Waals surface area contributed by atoms with Crippen molar-refractivity contribution in [3.63, 3.8) is 0 Å². The summed E-state index contributed by atoms with van der Waals surface area (Å²) in [4.78, 5) is 12.7. The van der Waals surface area contributed by atoms with E-state index in [9.17, 15) is 13.6 Å². The van der Waals surface area contributed by atoms with Crippen LogP contribution in [0, 0.1) is 11.6 Å². The highest BCUT2D eigenvalue weighted by Crippen LogP contribution is 2.30. The minimum Gasteiger partial charge on any atom is -0.288 e. The topological polar surface area (TPSA) is 52.6 Å². The summed E-state index contributed by atoms with van der Waals surface area (Å²) in [5.41, 5.74) is 5.02. The minimum atomic E-state index is -0.718. The molecule has 0 aromatic heterocycles. The highest BCUT2D eigenvalue weighted by atomic mass is 32.2. The van der Waals surface area contributed by atoms with Crippen molar-refractivity contribution in [2.45, 2.75) is 17.7 Å². The second kappa shape index (κ2) is 8.95. The highest BCUT2D eigenvalue weighted by molar-refractivity contribution is 7.97. The van der Waals surface area contributed by atoms with Gasteiger partial charge in [0.15, 0.2) is 0 Å². The molecule has 0 bridgehead atoms. The molecule has 0 unspecified atom stereocenters. The molecule has 0 radical (unpaired) electrons. The van der Waals surface area contributed by atoms with E-state index in [1.165, 1.54) is 18.2 Å². The molecule has 30 heavy (non-hydrogen) atoms. The van der Waals surface area contributed by atoms with Crippen LogP contribution in [0.5, 0.6) is 0 Å². The third kappa shape index (κ3) is 4.53. The van der Waals surface area contributed by atoms with Crippen LogP contribution in [0.3, 0.4) is 0 Å². The maximum atomic E-state index is 14.5. The fraction of sp³-hybridized carbons (Fsp3) is 0.174. The Morgan fingerprint density at radius 3 is 2.50 bits per heavy atom. The molecule has 0 saturated heterocycles. The van der Waals surface area contributed by atoms with E-state index in [1.54, 1.807) is 35.6 Å². The van der Waals surface area contributed by atoms with Crippen LogP contribution in [0.1, 0.15) is 21.5 Å². The molecule has 1 heterocycles. The van der Waals surface area contributed by atoms with E-state index in [0.717, 1.165) is 21.6 Å². The minimum absolute atomic E-state index is 0.113. The summed E-state index contributed by atoms with van der Waals surface area (Å²) < 4.78 is 29.9. The number of amides is 1. The van der Waals surface area contributed by atoms with Crippen molar-refractivity contribution < 1.29 is 18.8 Å². The number of rotatable bonds is 4. The van der Waals surface area contributed by atoms with Gasteiger partial charge in [-0.25, -0.2) is 18.6 Å². The van der Waals surface area contributed by atoms with Crippen molar-refractivity contribution in [1.29, 1.82) is 0 Å². The molecule has 0 fully saturated rings. The van der Waals surface area contributed by atoms with Crippen LogP contribution in [0.25, 0.3) is 11.1 Å². The van der Waals surface area contributed by atoms with E-state index >= 15 is 0 Å². The van der Waals surface area contributed by atoms with Crippen molar-refractivity contribution in [3.05, 3.63) is 89.0 Å². The standard InChI is InChI=1S/C23H20F2N2O2S/c24-19-6-4-15(5-7-19)16-2-1-3-20(13-16)30-27-10-8-17-12-18(23(28)26-29)14-22(25)21(17)9-11-27/h1-7,12-14,29H,8-11H2,(H,26,28). The molecule has 1 amide bonds. The van der Waals surface area contributed by atoms with Crippen LogP contribution < -0.4 is 5.48 Å². The molecule has 1 aliphatic rings. The molecule has 0 atom stereocenters. The second-order valence-electron chi connectivity index (χ2n) is 7.09. The maximum Gasteiger partial charge on any atom is 0.274 e. The van der Waals surface area contributed by atoms with Gasteiger partial charge in [-0.3, -0.25) is 10.0 Å². The van der Waals surface area contributed by atoms with E-state index in [0.29, 0.717) is 31.5 Å².